The molecule has 0 radical (unpaired) electrons. The summed E-state index contributed by atoms with van der Waals surface area (Å²) < 4.78 is 32.8. The van der Waals surface area contributed by atoms with Crippen LogP contribution in [-0.2, 0) is 32.6 Å². The van der Waals surface area contributed by atoms with Crippen LogP contribution in [0.3, 0.4) is 0 Å². The van der Waals surface area contributed by atoms with Gasteiger partial charge in [-0.3, -0.25) is 9.59 Å². The number of nitrogens with one attached hydrogen (secondary N) is 2. The molecular weight excluding hydrogens is 398 g/mol. The molecule has 0 bridgehead atoms. The molecule has 0 aliphatic carbocycles. The molecule has 0 atom stereocenters. The molecule has 29 heavy (non-hydrogen) atoms. The topological polar surface area (TPSA) is 137 Å². The summed E-state index contributed by atoms with van der Waals surface area (Å²) in [6.07, 6.45) is 0.508. The quantitative estimate of drug-likeness (QED) is 0.525. The molecule has 0 aliphatic heterocycles. The van der Waals surface area contributed by atoms with Crippen LogP contribution in [0.25, 0.3) is 0 Å². The lowest BCUT2D eigenvalue weighted by atomic mass is 10.1. The van der Waals surface area contributed by atoms with Gasteiger partial charge in [0.2, 0.25) is 10.0 Å². The molecule has 2 aromatic rings. The molecule has 0 heterocycles. The Morgan fingerprint density at radius 3 is 2.07 bits per heavy atom. The first-order valence-electron chi connectivity index (χ1n) is 8.63. The molecule has 10 heteroatoms. The third-order valence-electron chi connectivity index (χ3n) is 4.06. The number of ether oxygens (including phenoxy) is 2. The molecule has 0 aliphatic rings. The van der Waals surface area contributed by atoms with Crippen LogP contribution in [0.5, 0.6) is 11.5 Å². The van der Waals surface area contributed by atoms with Gasteiger partial charge < -0.3 is 20.1 Å². The van der Waals surface area contributed by atoms with Gasteiger partial charge in [-0.25, -0.2) is 13.6 Å². The summed E-state index contributed by atoms with van der Waals surface area (Å²) in [7, 11) is -0.688. The van der Waals surface area contributed by atoms with E-state index < -0.39 is 21.8 Å². The summed E-state index contributed by atoms with van der Waals surface area (Å²) in [5.74, 6) is -0.348. The number of primary sulfonamides is 1. The summed E-state index contributed by atoms with van der Waals surface area (Å²) in [5.41, 5.74) is 1.54. The van der Waals surface area contributed by atoms with Crippen molar-refractivity contribution in [1.82, 2.24) is 10.6 Å². The normalized spacial score (nSPS) is 10.9. The Morgan fingerprint density at radius 1 is 0.897 bits per heavy atom. The number of hydrogen-bond donors (Lipinski definition) is 3. The molecule has 4 N–H and O–H groups in total. The monoisotopic (exact) mass is 421 g/mol. The first-order chi connectivity index (χ1) is 13.7. The maximum absolute atomic E-state index is 11.9. The Balaban J connectivity index is 1.80. The van der Waals surface area contributed by atoms with Gasteiger partial charge in [0.05, 0.1) is 19.1 Å². The lowest BCUT2D eigenvalue weighted by molar-refractivity contribution is -0.139. The van der Waals surface area contributed by atoms with E-state index in [0.29, 0.717) is 23.5 Å². The molecule has 0 fully saturated rings. The highest BCUT2D eigenvalue weighted by Crippen LogP contribution is 2.27. The van der Waals surface area contributed by atoms with E-state index in [1.54, 1.807) is 19.2 Å². The third-order valence-corrected chi connectivity index (χ3v) is 4.99. The second-order valence-corrected chi connectivity index (χ2v) is 7.63. The van der Waals surface area contributed by atoms with Crippen molar-refractivity contribution in [3.8, 4) is 11.5 Å². The summed E-state index contributed by atoms with van der Waals surface area (Å²) in [6, 6.07) is 11.1. The van der Waals surface area contributed by atoms with Gasteiger partial charge in [0.15, 0.2) is 11.5 Å². The van der Waals surface area contributed by atoms with E-state index in [1.807, 2.05) is 6.07 Å². The number of benzene rings is 2. The summed E-state index contributed by atoms with van der Waals surface area (Å²) in [6.45, 7) is 0.345. The highest BCUT2D eigenvalue weighted by molar-refractivity contribution is 7.89. The molecule has 0 aromatic heterocycles. The number of carbonyl (C=O) groups excluding carboxylic acids is 2. The predicted octanol–water partition coefficient (Wildman–Crippen LogP) is 0.326. The maximum Gasteiger partial charge on any atom is 0.309 e. The van der Waals surface area contributed by atoms with Crippen molar-refractivity contribution < 1.29 is 27.5 Å². The lowest BCUT2D eigenvalue weighted by Crippen LogP contribution is -2.40. The fourth-order valence-corrected chi connectivity index (χ4v) is 3.01. The lowest BCUT2D eigenvalue weighted by Gasteiger charge is -2.10. The second kappa shape index (κ2) is 9.89. The van der Waals surface area contributed by atoms with E-state index in [1.165, 1.54) is 31.4 Å². The number of hydrogen-bond acceptors (Lipinski definition) is 6. The number of amides is 2. The van der Waals surface area contributed by atoms with Gasteiger partial charge in [0.1, 0.15) is 0 Å². The minimum Gasteiger partial charge on any atom is -0.493 e. The SMILES string of the molecule is COc1ccc(CCNC(=O)C(=O)NCc2ccc(S(N)(=O)=O)cc2)cc1OC. The van der Waals surface area contributed by atoms with Gasteiger partial charge in [-0.05, 0) is 41.8 Å². The van der Waals surface area contributed by atoms with Crippen LogP contribution in [0.4, 0.5) is 0 Å². The van der Waals surface area contributed by atoms with E-state index in [-0.39, 0.29) is 18.0 Å². The maximum atomic E-state index is 11.9. The van der Waals surface area contributed by atoms with Gasteiger partial charge in [0.25, 0.3) is 0 Å². The second-order valence-electron chi connectivity index (χ2n) is 6.07. The average molecular weight is 421 g/mol. The smallest absolute Gasteiger partial charge is 0.309 e. The van der Waals surface area contributed by atoms with Crippen molar-refractivity contribution in [2.45, 2.75) is 17.9 Å². The van der Waals surface area contributed by atoms with Gasteiger partial charge in [-0.15, -0.1) is 0 Å². The summed E-state index contributed by atoms with van der Waals surface area (Å²) >= 11 is 0. The average Bonchev–Trinajstić information content (AvgIpc) is 2.71. The molecule has 9 nitrogen and oxygen atoms in total. The predicted molar refractivity (Wildman–Crippen MR) is 106 cm³/mol. The van der Waals surface area contributed by atoms with Crippen molar-refractivity contribution in [2.75, 3.05) is 20.8 Å². The van der Waals surface area contributed by atoms with Crippen LogP contribution in [0, 0.1) is 0 Å². The van der Waals surface area contributed by atoms with E-state index >= 15 is 0 Å². The van der Waals surface area contributed by atoms with Crippen molar-refractivity contribution in [1.29, 1.82) is 0 Å². The van der Waals surface area contributed by atoms with Gasteiger partial charge in [-0.2, -0.15) is 0 Å². The molecule has 0 saturated heterocycles. The van der Waals surface area contributed by atoms with Crippen LogP contribution in [-0.4, -0.2) is 41.0 Å². The first-order valence-corrected chi connectivity index (χ1v) is 10.2. The Bertz CT molecular complexity index is 974. The Hall–Kier alpha value is -3.11. The fourth-order valence-electron chi connectivity index (χ4n) is 2.50. The van der Waals surface area contributed by atoms with Crippen LogP contribution >= 0.6 is 0 Å². The van der Waals surface area contributed by atoms with E-state index in [9.17, 15) is 18.0 Å². The zero-order valence-electron chi connectivity index (χ0n) is 16.1. The minimum absolute atomic E-state index is 0.0273. The van der Waals surface area contributed by atoms with Crippen LogP contribution < -0.4 is 25.2 Å². The van der Waals surface area contributed by atoms with E-state index in [0.717, 1.165) is 5.56 Å². The van der Waals surface area contributed by atoms with Gasteiger partial charge >= 0.3 is 11.8 Å². The van der Waals surface area contributed by atoms with Crippen molar-refractivity contribution >= 4 is 21.8 Å². The standard InChI is InChI=1S/C19H23N3O6S/c1-27-16-8-5-13(11-17(16)28-2)9-10-21-18(23)19(24)22-12-14-3-6-15(7-4-14)29(20,25)26/h3-8,11H,9-10,12H2,1-2H3,(H,21,23)(H,22,24)(H2,20,25,26). The van der Waals surface area contributed by atoms with Crippen molar-refractivity contribution in [3.05, 3.63) is 53.6 Å². The highest BCUT2D eigenvalue weighted by Gasteiger charge is 2.13. The number of sulfonamides is 1. The number of methoxy groups -OCH3 is 2. The van der Waals surface area contributed by atoms with Crippen LogP contribution in [0.1, 0.15) is 11.1 Å². The van der Waals surface area contributed by atoms with Crippen LogP contribution in [0.15, 0.2) is 47.4 Å². The Morgan fingerprint density at radius 2 is 1.48 bits per heavy atom. The summed E-state index contributed by atoms with van der Waals surface area (Å²) in [5, 5.41) is 10.0. The first kappa shape index (κ1) is 22.2. The van der Waals surface area contributed by atoms with Crippen molar-refractivity contribution in [3.63, 3.8) is 0 Å². The van der Waals surface area contributed by atoms with Crippen molar-refractivity contribution in [2.24, 2.45) is 5.14 Å². The third kappa shape index (κ3) is 6.47. The molecule has 2 rings (SSSR count). The minimum atomic E-state index is -3.77. The molecule has 2 amide bonds. The molecule has 0 spiro atoms. The fraction of sp³-hybridized carbons (Fsp3) is 0.263. The Kier molecular flexibility index (Phi) is 7.57. The number of rotatable bonds is 8. The molecule has 0 unspecified atom stereocenters. The van der Waals surface area contributed by atoms with Crippen LogP contribution in [0.2, 0.25) is 0 Å². The Labute approximate surface area is 169 Å². The highest BCUT2D eigenvalue weighted by atomic mass is 32.2. The number of nitrogens with two attached hydrogens (primary N) is 1. The molecule has 2 aromatic carbocycles. The summed E-state index contributed by atoms with van der Waals surface area (Å²) in [4.78, 5) is 23.8. The van der Waals surface area contributed by atoms with Gasteiger partial charge in [0, 0.05) is 13.1 Å². The van der Waals surface area contributed by atoms with E-state index in [4.69, 9.17) is 14.6 Å². The van der Waals surface area contributed by atoms with E-state index in [2.05, 4.69) is 10.6 Å². The molecule has 156 valence electrons. The van der Waals surface area contributed by atoms with Gasteiger partial charge in [-0.1, -0.05) is 18.2 Å². The largest absolute Gasteiger partial charge is 0.493 e. The zero-order chi connectivity index (χ0) is 21.4. The number of carbonyl (C=O) groups is 2. The molecular formula is C19H23N3O6S. The molecule has 0 saturated carbocycles. The zero-order valence-corrected chi connectivity index (χ0v) is 16.9.